The van der Waals surface area contributed by atoms with E-state index >= 15 is 0 Å². The average Bonchev–Trinajstić information content (AvgIpc) is 2.26. The van der Waals surface area contributed by atoms with Crippen molar-refractivity contribution in [1.82, 2.24) is 0 Å². The minimum Gasteiger partial charge on any atom is -0.411 e. The molecule has 0 radical (unpaired) electrons. The lowest BCUT2D eigenvalue weighted by Gasteiger charge is -2.01. The molecule has 0 bridgehead atoms. The summed E-state index contributed by atoms with van der Waals surface area (Å²) in [5.41, 5.74) is 6.60. The zero-order valence-electron chi connectivity index (χ0n) is 8.37. The van der Waals surface area contributed by atoms with Gasteiger partial charge in [-0.15, -0.1) is 12.4 Å². The summed E-state index contributed by atoms with van der Waals surface area (Å²) in [6.07, 6.45) is 0.394. The molecule has 1 rings (SSSR count). The van der Waals surface area contributed by atoms with Gasteiger partial charge in [0.1, 0.15) is 0 Å². The molecule has 0 aromatic heterocycles. The monoisotopic (exact) mass is 245 g/mol. The largest absolute Gasteiger partial charge is 0.411 e. The molecule has 0 saturated heterocycles. The standard InChI is InChI=1S/C9H11N3O3.ClH/c10-6-8(11-13)5-7-1-3-9(4-2-7)12(14)15;/h1-4,13H,5-6,10H2;1H. The normalized spacial score (nSPS) is 10.7. The number of hydrogen-bond acceptors (Lipinski definition) is 5. The molecule has 0 aliphatic heterocycles. The van der Waals surface area contributed by atoms with Crippen molar-refractivity contribution in [3.05, 3.63) is 39.9 Å². The van der Waals surface area contributed by atoms with E-state index in [4.69, 9.17) is 10.9 Å². The van der Waals surface area contributed by atoms with Gasteiger partial charge in [-0.05, 0) is 5.56 Å². The summed E-state index contributed by atoms with van der Waals surface area (Å²) in [6.45, 7) is 0.160. The Labute approximate surface area is 98.3 Å². The molecule has 0 aliphatic rings. The van der Waals surface area contributed by atoms with Gasteiger partial charge in [0.25, 0.3) is 5.69 Å². The van der Waals surface area contributed by atoms with E-state index in [-0.39, 0.29) is 24.6 Å². The molecule has 6 nitrogen and oxygen atoms in total. The SMILES string of the molecule is Cl.NCC(Cc1ccc([N+](=O)[O-])cc1)=NO. The molecule has 88 valence electrons. The van der Waals surface area contributed by atoms with Crippen LogP contribution in [0.25, 0.3) is 0 Å². The highest BCUT2D eigenvalue weighted by atomic mass is 35.5. The lowest BCUT2D eigenvalue weighted by atomic mass is 10.1. The van der Waals surface area contributed by atoms with Crippen LogP contribution in [0.5, 0.6) is 0 Å². The third-order valence-corrected chi connectivity index (χ3v) is 1.93. The Bertz CT molecular complexity index is 378. The van der Waals surface area contributed by atoms with Crippen LogP contribution < -0.4 is 5.73 Å². The fourth-order valence-electron chi connectivity index (χ4n) is 1.12. The molecule has 16 heavy (non-hydrogen) atoms. The van der Waals surface area contributed by atoms with Crippen LogP contribution in [-0.2, 0) is 6.42 Å². The first-order valence-corrected chi connectivity index (χ1v) is 4.30. The number of rotatable bonds is 4. The number of nitro groups is 1. The quantitative estimate of drug-likeness (QED) is 0.362. The number of nitrogens with two attached hydrogens (primary N) is 1. The molecule has 0 heterocycles. The molecule has 0 atom stereocenters. The molecule has 7 heteroatoms. The number of nitrogens with zero attached hydrogens (tertiary/aromatic N) is 2. The first-order valence-electron chi connectivity index (χ1n) is 4.30. The summed E-state index contributed by atoms with van der Waals surface area (Å²) in [5, 5.41) is 21.9. The van der Waals surface area contributed by atoms with Crippen molar-refractivity contribution in [3.63, 3.8) is 0 Å². The number of nitro benzene ring substituents is 1. The van der Waals surface area contributed by atoms with Gasteiger partial charge in [0.2, 0.25) is 0 Å². The Kier molecular flexibility index (Phi) is 6.06. The number of oxime groups is 1. The Morgan fingerprint density at radius 1 is 1.44 bits per heavy atom. The van der Waals surface area contributed by atoms with E-state index in [2.05, 4.69) is 5.16 Å². The second-order valence-electron chi connectivity index (χ2n) is 2.97. The maximum absolute atomic E-state index is 10.4. The van der Waals surface area contributed by atoms with Crippen molar-refractivity contribution < 1.29 is 10.1 Å². The highest BCUT2D eigenvalue weighted by Crippen LogP contribution is 2.12. The van der Waals surface area contributed by atoms with Crippen LogP contribution in [0.3, 0.4) is 0 Å². The van der Waals surface area contributed by atoms with Crippen molar-refractivity contribution >= 4 is 23.8 Å². The average molecular weight is 246 g/mol. The van der Waals surface area contributed by atoms with Crippen LogP contribution in [0.1, 0.15) is 5.56 Å². The van der Waals surface area contributed by atoms with Crippen molar-refractivity contribution in [1.29, 1.82) is 0 Å². The smallest absolute Gasteiger partial charge is 0.269 e. The Morgan fingerprint density at radius 3 is 2.38 bits per heavy atom. The van der Waals surface area contributed by atoms with Crippen molar-refractivity contribution in [2.75, 3.05) is 6.54 Å². The molecule has 1 aromatic carbocycles. The van der Waals surface area contributed by atoms with E-state index in [1.165, 1.54) is 12.1 Å². The summed E-state index contributed by atoms with van der Waals surface area (Å²) in [7, 11) is 0. The number of benzene rings is 1. The van der Waals surface area contributed by atoms with Crippen LogP contribution in [0.2, 0.25) is 0 Å². The number of halogens is 1. The van der Waals surface area contributed by atoms with Gasteiger partial charge < -0.3 is 10.9 Å². The van der Waals surface area contributed by atoms with Crippen LogP contribution in [0.4, 0.5) is 5.69 Å². The predicted molar refractivity (Wildman–Crippen MR) is 62.3 cm³/mol. The molecule has 0 fully saturated rings. The van der Waals surface area contributed by atoms with Crippen molar-refractivity contribution in [2.45, 2.75) is 6.42 Å². The van der Waals surface area contributed by atoms with Gasteiger partial charge in [-0.1, -0.05) is 17.3 Å². The third kappa shape index (κ3) is 3.84. The van der Waals surface area contributed by atoms with E-state index < -0.39 is 4.92 Å². The predicted octanol–water partition coefficient (Wildman–Crippen LogP) is 1.35. The number of non-ortho nitro benzene ring substituents is 1. The van der Waals surface area contributed by atoms with E-state index in [1.807, 2.05) is 0 Å². The van der Waals surface area contributed by atoms with Gasteiger partial charge >= 0.3 is 0 Å². The maximum Gasteiger partial charge on any atom is 0.269 e. The Morgan fingerprint density at radius 2 is 2.00 bits per heavy atom. The molecule has 0 unspecified atom stereocenters. The van der Waals surface area contributed by atoms with Gasteiger partial charge in [0.15, 0.2) is 0 Å². The third-order valence-electron chi connectivity index (χ3n) is 1.93. The van der Waals surface area contributed by atoms with Gasteiger partial charge in [-0.2, -0.15) is 0 Å². The molecule has 0 aliphatic carbocycles. The summed E-state index contributed by atoms with van der Waals surface area (Å²) < 4.78 is 0. The molecular weight excluding hydrogens is 234 g/mol. The second-order valence-corrected chi connectivity index (χ2v) is 2.97. The molecular formula is C9H12ClN3O3. The molecule has 0 saturated carbocycles. The second kappa shape index (κ2) is 6.76. The summed E-state index contributed by atoms with van der Waals surface area (Å²) in [5.74, 6) is 0. The zero-order chi connectivity index (χ0) is 11.3. The lowest BCUT2D eigenvalue weighted by Crippen LogP contribution is -2.16. The molecule has 0 spiro atoms. The maximum atomic E-state index is 10.4. The van der Waals surface area contributed by atoms with Crippen LogP contribution in [0.15, 0.2) is 29.4 Å². The highest BCUT2D eigenvalue weighted by Gasteiger charge is 2.05. The van der Waals surface area contributed by atoms with Crippen molar-refractivity contribution in [2.24, 2.45) is 10.9 Å². The van der Waals surface area contributed by atoms with Gasteiger partial charge in [-0.3, -0.25) is 10.1 Å². The zero-order valence-corrected chi connectivity index (χ0v) is 9.18. The topological polar surface area (TPSA) is 102 Å². The van der Waals surface area contributed by atoms with E-state index in [0.717, 1.165) is 5.56 Å². The van der Waals surface area contributed by atoms with E-state index in [0.29, 0.717) is 12.1 Å². The summed E-state index contributed by atoms with van der Waals surface area (Å²) >= 11 is 0. The van der Waals surface area contributed by atoms with Crippen LogP contribution in [-0.4, -0.2) is 22.4 Å². The minimum atomic E-state index is -0.465. The fraction of sp³-hybridized carbons (Fsp3) is 0.222. The first kappa shape index (κ1) is 14.3. The molecule has 1 aromatic rings. The van der Waals surface area contributed by atoms with E-state index in [9.17, 15) is 10.1 Å². The summed E-state index contributed by atoms with van der Waals surface area (Å²) in [4.78, 5) is 9.90. The molecule has 3 N–H and O–H groups in total. The van der Waals surface area contributed by atoms with Gasteiger partial charge in [0.05, 0.1) is 10.6 Å². The minimum absolute atomic E-state index is 0. The van der Waals surface area contributed by atoms with Crippen LogP contribution >= 0.6 is 12.4 Å². The van der Waals surface area contributed by atoms with E-state index in [1.54, 1.807) is 12.1 Å². The first-order chi connectivity index (χ1) is 7.17. The number of hydrogen-bond donors (Lipinski definition) is 2. The lowest BCUT2D eigenvalue weighted by molar-refractivity contribution is -0.384. The fourth-order valence-corrected chi connectivity index (χ4v) is 1.12. The van der Waals surface area contributed by atoms with Gasteiger partial charge in [-0.25, -0.2) is 0 Å². The van der Waals surface area contributed by atoms with Crippen molar-refractivity contribution in [3.8, 4) is 0 Å². The Hall–Kier alpha value is -1.66. The highest BCUT2D eigenvalue weighted by molar-refractivity contribution is 5.87. The summed E-state index contributed by atoms with van der Waals surface area (Å²) in [6, 6.07) is 6.03. The van der Waals surface area contributed by atoms with Crippen LogP contribution in [0, 0.1) is 10.1 Å². The van der Waals surface area contributed by atoms with Gasteiger partial charge in [0, 0.05) is 25.1 Å². The Balaban J connectivity index is 0.00000225. The molecule has 0 amide bonds.